The van der Waals surface area contributed by atoms with Crippen LogP contribution in [0.1, 0.15) is 112 Å². The van der Waals surface area contributed by atoms with Gasteiger partial charge in [-0.1, -0.05) is 71.9 Å². The predicted octanol–water partition coefficient (Wildman–Crippen LogP) is 7.07. The van der Waals surface area contributed by atoms with Gasteiger partial charge >= 0.3 is 5.97 Å². The van der Waals surface area contributed by atoms with Gasteiger partial charge in [-0.05, 0) is 50.3 Å². The Morgan fingerprint density at radius 3 is 2.33 bits per heavy atom. The van der Waals surface area contributed by atoms with Gasteiger partial charge in [0.15, 0.2) is 11.6 Å². The lowest BCUT2D eigenvalue weighted by Gasteiger charge is -2.21. The maximum atomic E-state index is 13.1. The van der Waals surface area contributed by atoms with Gasteiger partial charge in [-0.25, -0.2) is 9.97 Å². The lowest BCUT2D eigenvalue weighted by atomic mass is 9.87. The third-order valence-corrected chi connectivity index (χ3v) is 6.94. The Balaban J connectivity index is 1.74. The number of carbonyl (C=O) groups excluding carboxylic acids is 3. The van der Waals surface area contributed by atoms with Crippen LogP contribution in [0.5, 0.6) is 0 Å². The van der Waals surface area contributed by atoms with E-state index >= 15 is 0 Å². The minimum absolute atomic E-state index is 0.0324. The molecule has 0 spiro atoms. The summed E-state index contributed by atoms with van der Waals surface area (Å²) in [6.45, 7) is 12.9. The second-order valence-electron chi connectivity index (χ2n) is 12.7. The average Bonchev–Trinajstić information content (AvgIpc) is 2.93. The van der Waals surface area contributed by atoms with Gasteiger partial charge in [0.1, 0.15) is 5.69 Å². The number of aromatic nitrogens is 3. The normalized spacial score (nSPS) is 12.9. The first-order valence-corrected chi connectivity index (χ1v) is 14.6. The standard InChI is InChI=1S/C34H44N4O4/c1-8-42-27(39)20-22(24-19-23-16-13-14-17-25(23)36-21-24)15-11-9-10-12-18-26-28(35)29(30(40)33(2,3)4)38-32(37-26)31(41)34(5,6)7/h11,13-17,19,21-22H,8-10,12,18,20,35H2,1-7H3. The summed E-state index contributed by atoms with van der Waals surface area (Å²) in [4.78, 5) is 51.9. The Hall–Kier alpha value is -3.94. The van der Waals surface area contributed by atoms with Gasteiger partial charge in [-0.15, -0.1) is 0 Å². The molecular formula is C34H44N4O4. The largest absolute Gasteiger partial charge is 0.466 e. The number of aryl methyl sites for hydroxylation is 1. The number of nitrogen functional groups attached to an aromatic ring is 1. The molecule has 2 heterocycles. The molecule has 1 atom stereocenters. The fraction of sp³-hybridized carbons (Fsp3) is 0.471. The Kier molecular flexibility index (Phi) is 10.7. The van der Waals surface area contributed by atoms with Gasteiger partial charge in [0.25, 0.3) is 0 Å². The number of anilines is 1. The van der Waals surface area contributed by atoms with Crippen LogP contribution in [0.15, 0.2) is 48.7 Å². The summed E-state index contributed by atoms with van der Waals surface area (Å²) in [5.41, 5.74) is 7.75. The number of benzene rings is 1. The van der Waals surface area contributed by atoms with Crippen LogP contribution in [0, 0.1) is 10.8 Å². The number of carbonyl (C=O) groups is 3. The molecule has 8 heteroatoms. The predicted molar refractivity (Wildman–Crippen MR) is 166 cm³/mol. The highest BCUT2D eigenvalue weighted by atomic mass is 16.5. The van der Waals surface area contributed by atoms with Gasteiger partial charge in [-0.3, -0.25) is 19.4 Å². The molecule has 0 aliphatic heterocycles. The van der Waals surface area contributed by atoms with Crippen molar-refractivity contribution in [3.8, 4) is 0 Å². The van der Waals surface area contributed by atoms with E-state index in [1.54, 1.807) is 48.5 Å². The molecule has 1 unspecified atom stereocenters. The molecule has 224 valence electrons. The Morgan fingerprint density at radius 1 is 0.976 bits per heavy atom. The molecule has 0 aliphatic carbocycles. The topological polar surface area (TPSA) is 125 Å². The van der Waals surface area contributed by atoms with Crippen LogP contribution in [-0.2, 0) is 16.0 Å². The second kappa shape index (κ2) is 13.8. The van der Waals surface area contributed by atoms with Crippen molar-refractivity contribution in [2.75, 3.05) is 12.3 Å². The molecule has 2 N–H and O–H groups in total. The molecule has 0 aliphatic rings. The first-order chi connectivity index (χ1) is 19.7. The van der Waals surface area contributed by atoms with E-state index in [2.05, 4.69) is 27.1 Å². The minimum atomic E-state index is -0.701. The van der Waals surface area contributed by atoms with Crippen molar-refractivity contribution in [3.63, 3.8) is 0 Å². The van der Waals surface area contributed by atoms with Gasteiger partial charge in [0, 0.05) is 28.3 Å². The first-order valence-electron chi connectivity index (χ1n) is 14.6. The molecule has 3 aromatic rings. The summed E-state index contributed by atoms with van der Waals surface area (Å²) in [7, 11) is 0. The molecule has 42 heavy (non-hydrogen) atoms. The fourth-order valence-corrected chi connectivity index (χ4v) is 4.47. The Morgan fingerprint density at radius 2 is 1.67 bits per heavy atom. The summed E-state index contributed by atoms with van der Waals surface area (Å²) in [6, 6.07) is 9.97. The number of hydrogen-bond donors (Lipinski definition) is 1. The van der Waals surface area contributed by atoms with E-state index in [0.29, 0.717) is 18.7 Å². The molecule has 0 saturated heterocycles. The molecule has 0 radical (unpaired) electrons. The first kappa shape index (κ1) is 32.6. The number of rotatable bonds is 12. The van der Waals surface area contributed by atoms with E-state index in [4.69, 9.17) is 10.5 Å². The van der Waals surface area contributed by atoms with E-state index in [1.165, 1.54) is 0 Å². The van der Waals surface area contributed by atoms with E-state index < -0.39 is 10.8 Å². The number of fused-ring (bicyclic) bond motifs is 1. The lowest BCUT2D eigenvalue weighted by molar-refractivity contribution is -0.143. The van der Waals surface area contributed by atoms with Crippen molar-refractivity contribution in [1.82, 2.24) is 15.0 Å². The van der Waals surface area contributed by atoms with Gasteiger partial charge in [0.2, 0.25) is 5.78 Å². The lowest BCUT2D eigenvalue weighted by Crippen LogP contribution is -2.28. The van der Waals surface area contributed by atoms with Crippen LogP contribution in [0.3, 0.4) is 0 Å². The van der Waals surface area contributed by atoms with Crippen LogP contribution in [0.25, 0.3) is 10.9 Å². The number of unbranched alkanes of at least 4 members (excludes halogenated alkanes) is 2. The molecule has 8 nitrogen and oxygen atoms in total. The Labute approximate surface area is 249 Å². The molecule has 2 aromatic heterocycles. The number of Topliss-reactive ketones (excluding diaryl/α,β-unsaturated/α-hetero) is 2. The number of para-hydroxylation sites is 1. The smallest absolute Gasteiger partial charge is 0.306 e. The number of ether oxygens (including phenoxy) is 1. The van der Waals surface area contributed by atoms with Crippen LogP contribution >= 0.6 is 0 Å². The molecular weight excluding hydrogens is 528 g/mol. The Bertz CT molecular complexity index is 1460. The summed E-state index contributed by atoms with van der Waals surface area (Å²) in [5, 5.41) is 1.02. The number of pyridine rings is 1. The molecule has 3 rings (SSSR count). The molecule has 1 aromatic carbocycles. The fourth-order valence-electron chi connectivity index (χ4n) is 4.47. The van der Waals surface area contributed by atoms with E-state index in [0.717, 1.165) is 35.7 Å². The molecule has 0 amide bonds. The molecule has 0 bridgehead atoms. The number of nitrogens with two attached hydrogens (primary N) is 1. The van der Waals surface area contributed by atoms with Gasteiger partial charge in [-0.2, -0.15) is 0 Å². The van der Waals surface area contributed by atoms with Crippen LogP contribution < -0.4 is 5.73 Å². The van der Waals surface area contributed by atoms with Crippen molar-refractivity contribution in [3.05, 3.63) is 71.5 Å². The summed E-state index contributed by atoms with van der Waals surface area (Å²) < 4.78 is 5.22. The summed E-state index contributed by atoms with van der Waals surface area (Å²) >= 11 is 0. The number of ketones is 2. The molecule has 0 saturated carbocycles. The number of allylic oxidation sites excluding steroid dienone is 2. The maximum absolute atomic E-state index is 13.1. The maximum Gasteiger partial charge on any atom is 0.306 e. The molecule has 0 fully saturated rings. The zero-order chi connectivity index (χ0) is 31.1. The van der Waals surface area contributed by atoms with E-state index in [9.17, 15) is 14.4 Å². The van der Waals surface area contributed by atoms with Crippen LogP contribution in [0.4, 0.5) is 5.69 Å². The number of esters is 1. The summed E-state index contributed by atoms with van der Waals surface area (Å²) in [6.07, 6.45) is 9.03. The highest BCUT2D eigenvalue weighted by Gasteiger charge is 2.32. The number of nitrogens with zero attached hydrogens (tertiary/aromatic N) is 3. The third kappa shape index (κ3) is 8.54. The minimum Gasteiger partial charge on any atom is -0.466 e. The second-order valence-corrected chi connectivity index (χ2v) is 12.7. The van der Waals surface area contributed by atoms with Crippen molar-refractivity contribution < 1.29 is 19.1 Å². The van der Waals surface area contributed by atoms with E-state index in [1.807, 2.05) is 36.5 Å². The van der Waals surface area contributed by atoms with Crippen molar-refractivity contribution in [1.29, 1.82) is 0 Å². The van der Waals surface area contributed by atoms with Crippen LogP contribution in [-0.4, -0.2) is 39.1 Å². The number of hydrogen-bond acceptors (Lipinski definition) is 8. The third-order valence-electron chi connectivity index (χ3n) is 6.94. The van der Waals surface area contributed by atoms with Crippen molar-refractivity contribution >= 4 is 34.1 Å². The SMILES string of the molecule is CCOC(=O)CC(C=CCCCCc1nc(C(=O)C(C)(C)C)nc(C(=O)C(C)(C)C)c1N)c1cnc2ccccc2c1. The van der Waals surface area contributed by atoms with Crippen LogP contribution in [0.2, 0.25) is 0 Å². The highest BCUT2D eigenvalue weighted by Crippen LogP contribution is 2.28. The monoisotopic (exact) mass is 572 g/mol. The van der Waals surface area contributed by atoms with E-state index in [-0.39, 0.29) is 47.1 Å². The zero-order valence-electron chi connectivity index (χ0n) is 26.0. The quantitative estimate of drug-likeness (QED) is 0.106. The van der Waals surface area contributed by atoms with Gasteiger partial charge in [0.05, 0.1) is 29.9 Å². The highest BCUT2D eigenvalue weighted by molar-refractivity contribution is 6.04. The van der Waals surface area contributed by atoms with Crippen molar-refractivity contribution in [2.24, 2.45) is 10.8 Å². The zero-order valence-corrected chi connectivity index (χ0v) is 26.0. The average molecular weight is 573 g/mol. The summed E-state index contributed by atoms with van der Waals surface area (Å²) in [5.74, 6) is -0.822. The van der Waals surface area contributed by atoms with Crippen molar-refractivity contribution in [2.45, 2.75) is 86.5 Å². The van der Waals surface area contributed by atoms with Gasteiger partial charge < -0.3 is 10.5 Å².